The molecule has 0 spiro atoms. The van der Waals surface area contributed by atoms with Crippen LogP contribution in [-0.4, -0.2) is 19.6 Å². The van der Waals surface area contributed by atoms with Gasteiger partial charge in [-0.25, -0.2) is 0 Å². The highest BCUT2D eigenvalue weighted by Crippen LogP contribution is 2.25. The minimum absolute atomic E-state index is 0.0384. The number of amides is 1. The van der Waals surface area contributed by atoms with Gasteiger partial charge in [0.1, 0.15) is 5.75 Å². The monoisotopic (exact) mass is 298 g/mol. The predicted molar refractivity (Wildman–Crippen MR) is 90.6 cm³/mol. The second kappa shape index (κ2) is 7.50. The molecule has 2 rings (SSSR count). The summed E-state index contributed by atoms with van der Waals surface area (Å²) in [6.45, 7) is 4.61. The molecule has 2 aromatic carbocycles. The molecule has 0 aliphatic heterocycles. The summed E-state index contributed by atoms with van der Waals surface area (Å²) in [5.41, 5.74) is 4.03. The summed E-state index contributed by atoms with van der Waals surface area (Å²) >= 11 is 0. The van der Waals surface area contributed by atoms with E-state index in [-0.39, 0.29) is 5.91 Å². The number of ether oxygens (including phenoxy) is 1. The molecular formula is C18H22N2O2. The number of benzene rings is 2. The molecule has 2 aromatic rings. The van der Waals surface area contributed by atoms with Crippen LogP contribution in [0.1, 0.15) is 17.5 Å². The van der Waals surface area contributed by atoms with Crippen molar-refractivity contribution in [1.29, 1.82) is 0 Å². The Kier molecular flexibility index (Phi) is 5.42. The van der Waals surface area contributed by atoms with Gasteiger partial charge < -0.3 is 15.4 Å². The van der Waals surface area contributed by atoms with Crippen molar-refractivity contribution in [3.05, 3.63) is 53.6 Å². The van der Waals surface area contributed by atoms with E-state index in [1.54, 1.807) is 7.11 Å². The molecule has 0 fully saturated rings. The van der Waals surface area contributed by atoms with Crippen LogP contribution in [-0.2, 0) is 4.79 Å². The summed E-state index contributed by atoms with van der Waals surface area (Å²) in [7, 11) is 1.60. The van der Waals surface area contributed by atoms with Crippen LogP contribution in [0.3, 0.4) is 0 Å². The highest BCUT2D eigenvalue weighted by atomic mass is 16.5. The van der Waals surface area contributed by atoms with E-state index < -0.39 is 0 Å². The summed E-state index contributed by atoms with van der Waals surface area (Å²) in [5, 5.41) is 6.13. The zero-order valence-electron chi connectivity index (χ0n) is 13.3. The Morgan fingerprint density at radius 2 is 1.73 bits per heavy atom. The average molecular weight is 298 g/mol. The molecule has 0 heterocycles. The minimum Gasteiger partial charge on any atom is -0.495 e. The van der Waals surface area contributed by atoms with Crippen molar-refractivity contribution in [2.24, 2.45) is 0 Å². The molecular weight excluding hydrogens is 276 g/mol. The molecule has 4 nitrogen and oxygen atoms in total. The van der Waals surface area contributed by atoms with Gasteiger partial charge in [0.25, 0.3) is 0 Å². The Morgan fingerprint density at radius 1 is 1.05 bits per heavy atom. The van der Waals surface area contributed by atoms with Gasteiger partial charge in [-0.3, -0.25) is 4.79 Å². The molecule has 0 atom stereocenters. The van der Waals surface area contributed by atoms with E-state index >= 15 is 0 Å². The zero-order valence-corrected chi connectivity index (χ0v) is 13.3. The number of anilines is 2. The third kappa shape index (κ3) is 4.52. The van der Waals surface area contributed by atoms with E-state index in [1.807, 2.05) is 56.3 Å². The van der Waals surface area contributed by atoms with Gasteiger partial charge in [0.2, 0.25) is 5.91 Å². The first kappa shape index (κ1) is 15.9. The summed E-state index contributed by atoms with van der Waals surface area (Å²) in [4.78, 5) is 12.0. The van der Waals surface area contributed by atoms with Crippen LogP contribution in [0, 0.1) is 13.8 Å². The van der Waals surface area contributed by atoms with E-state index in [2.05, 4.69) is 10.6 Å². The molecule has 0 bridgehead atoms. The predicted octanol–water partition coefficient (Wildman–Crippen LogP) is 3.75. The third-order valence-electron chi connectivity index (χ3n) is 3.36. The number of methoxy groups -OCH3 is 1. The van der Waals surface area contributed by atoms with Crippen molar-refractivity contribution in [2.45, 2.75) is 20.3 Å². The summed E-state index contributed by atoms with van der Waals surface area (Å²) < 4.78 is 5.26. The number of rotatable bonds is 6. The SMILES string of the molecule is COc1ccc(C)cc1NC(=O)CCNc1ccc(C)cc1. The van der Waals surface area contributed by atoms with Crippen LogP contribution < -0.4 is 15.4 Å². The molecule has 0 unspecified atom stereocenters. The maximum atomic E-state index is 12.0. The van der Waals surface area contributed by atoms with E-state index in [0.29, 0.717) is 24.4 Å². The Morgan fingerprint density at radius 3 is 2.41 bits per heavy atom. The van der Waals surface area contributed by atoms with Crippen LogP contribution in [0.25, 0.3) is 0 Å². The van der Waals surface area contributed by atoms with Gasteiger partial charge in [0.15, 0.2) is 0 Å². The number of carbonyl (C=O) groups excluding carboxylic acids is 1. The number of aryl methyl sites for hydroxylation is 2. The van der Waals surface area contributed by atoms with Gasteiger partial charge in [-0.15, -0.1) is 0 Å². The molecule has 0 aliphatic carbocycles. The van der Waals surface area contributed by atoms with Crippen molar-refractivity contribution in [1.82, 2.24) is 0 Å². The Balaban J connectivity index is 1.85. The highest BCUT2D eigenvalue weighted by molar-refractivity contribution is 5.92. The van der Waals surface area contributed by atoms with Crippen LogP contribution in [0.4, 0.5) is 11.4 Å². The fourth-order valence-corrected chi connectivity index (χ4v) is 2.12. The number of hydrogen-bond donors (Lipinski definition) is 2. The Labute approximate surface area is 131 Å². The lowest BCUT2D eigenvalue weighted by Gasteiger charge is -2.11. The summed E-state index contributed by atoms with van der Waals surface area (Å²) in [5.74, 6) is 0.633. The van der Waals surface area contributed by atoms with Crippen LogP contribution in [0.15, 0.2) is 42.5 Å². The molecule has 4 heteroatoms. The molecule has 0 aliphatic rings. The first-order valence-electron chi connectivity index (χ1n) is 7.33. The van der Waals surface area contributed by atoms with Crippen molar-refractivity contribution in [3.63, 3.8) is 0 Å². The van der Waals surface area contributed by atoms with Gasteiger partial charge in [-0.2, -0.15) is 0 Å². The number of hydrogen-bond acceptors (Lipinski definition) is 3. The topological polar surface area (TPSA) is 50.4 Å². The van der Waals surface area contributed by atoms with Crippen molar-refractivity contribution >= 4 is 17.3 Å². The van der Waals surface area contributed by atoms with Crippen LogP contribution in [0.2, 0.25) is 0 Å². The maximum absolute atomic E-state index is 12.0. The van der Waals surface area contributed by atoms with Crippen LogP contribution in [0.5, 0.6) is 5.75 Å². The average Bonchev–Trinajstić information content (AvgIpc) is 2.49. The maximum Gasteiger partial charge on any atom is 0.226 e. The number of nitrogens with one attached hydrogen (secondary N) is 2. The lowest BCUT2D eigenvalue weighted by atomic mass is 10.2. The quantitative estimate of drug-likeness (QED) is 0.854. The van der Waals surface area contributed by atoms with Gasteiger partial charge in [-0.1, -0.05) is 23.8 Å². The molecule has 0 saturated heterocycles. The number of carbonyl (C=O) groups is 1. The third-order valence-corrected chi connectivity index (χ3v) is 3.36. The smallest absolute Gasteiger partial charge is 0.226 e. The molecule has 0 radical (unpaired) electrons. The fraction of sp³-hybridized carbons (Fsp3) is 0.278. The lowest BCUT2D eigenvalue weighted by molar-refractivity contribution is -0.115. The van der Waals surface area contributed by atoms with Crippen LogP contribution >= 0.6 is 0 Å². The Bertz CT molecular complexity index is 636. The van der Waals surface area contributed by atoms with E-state index in [4.69, 9.17) is 4.74 Å². The molecule has 0 aromatic heterocycles. The summed E-state index contributed by atoms with van der Waals surface area (Å²) in [6, 6.07) is 13.8. The first-order valence-corrected chi connectivity index (χ1v) is 7.33. The zero-order chi connectivity index (χ0) is 15.9. The normalized spacial score (nSPS) is 10.1. The largest absolute Gasteiger partial charge is 0.495 e. The molecule has 0 saturated carbocycles. The van der Waals surface area contributed by atoms with Crippen molar-refractivity contribution in [3.8, 4) is 5.75 Å². The molecule has 1 amide bonds. The van der Waals surface area contributed by atoms with Gasteiger partial charge in [0, 0.05) is 18.7 Å². The highest BCUT2D eigenvalue weighted by Gasteiger charge is 2.07. The molecule has 116 valence electrons. The lowest BCUT2D eigenvalue weighted by Crippen LogP contribution is -2.16. The molecule has 22 heavy (non-hydrogen) atoms. The fourth-order valence-electron chi connectivity index (χ4n) is 2.12. The van der Waals surface area contributed by atoms with Crippen molar-refractivity contribution < 1.29 is 9.53 Å². The Hall–Kier alpha value is -2.49. The summed E-state index contributed by atoms with van der Waals surface area (Å²) in [6.07, 6.45) is 0.394. The first-order chi connectivity index (χ1) is 10.6. The van der Waals surface area contributed by atoms with E-state index in [1.165, 1.54) is 5.56 Å². The second-order valence-corrected chi connectivity index (χ2v) is 5.29. The van der Waals surface area contributed by atoms with Crippen molar-refractivity contribution in [2.75, 3.05) is 24.3 Å². The van der Waals surface area contributed by atoms with E-state index in [0.717, 1.165) is 11.3 Å². The van der Waals surface area contributed by atoms with Gasteiger partial charge in [0.05, 0.1) is 12.8 Å². The molecule has 2 N–H and O–H groups in total. The van der Waals surface area contributed by atoms with E-state index in [9.17, 15) is 4.79 Å². The van der Waals surface area contributed by atoms with Gasteiger partial charge >= 0.3 is 0 Å². The second-order valence-electron chi connectivity index (χ2n) is 5.29. The minimum atomic E-state index is -0.0384. The van der Waals surface area contributed by atoms with Gasteiger partial charge in [-0.05, 0) is 43.7 Å². The standard InChI is InChI=1S/C18H22N2O2/c1-13-4-7-15(8-5-13)19-11-10-18(21)20-16-12-14(2)6-9-17(16)22-3/h4-9,12,19H,10-11H2,1-3H3,(H,20,21).